The van der Waals surface area contributed by atoms with Crippen molar-refractivity contribution in [3.05, 3.63) is 142 Å². The second-order valence-corrected chi connectivity index (χ2v) is 19.1. The molecule has 3 heterocycles. The molecule has 0 amide bonds. The number of rotatable bonds is 3. The van der Waals surface area contributed by atoms with Crippen LogP contribution in [0, 0.1) is 13.8 Å². The van der Waals surface area contributed by atoms with Crippen LogP contribution in [-0.4, -0.2) is 7.28 Å². The van der Waals surface area contributed by atoms with Gasteiger partial charge in [-0.05, 0) is 119 Å². The molecule has 53 heavy (non-hydrogen) atoms. The van der Waals surface area contributed by atoms with Gasteiger partial charge in [-0.3, -0.25) is 0 Å². The van der Waals surface area contributed by atoms with Crippen molar-refractivity contribution in [2.24, 2.45) is 0 Å². The number of nitrogens with one attached hydrogen (secondary N) is 1. The maximum atomic E-state index is 6.48. The number of hydrogen-bond donors (Lipinski definition) is 1. The molecule has 0 bridgehead atoms. The lowest BCUT2D eigenvalue weighted by Crippen LogP contribution is -2.41. The minimum Gasteiger partial charge on any atom is -0.453 e. The fourth-order valence-corrected chi connectivity index (χ4v) is 11.7. The summed E-state index contributed by atoms with van der Waals surface area (Å²) in [4.78, 5) is 5.47. The summed E-state index contributed by atoms with van der Waals surface area (Å²) in [6, 6.07) is 38.8. The van der Waals surface area contributed by atoms with Gasteiger partial charge in [-0.1, -0.05) is 134 Å². The van der Waals surface area contributed by atoms with Gasteiger partial charge in [0.05, 0.1) is 11.4 Å². The first-order chi connectivity index (χ1) is 25.5. The third kappa shape index (κ3) is 5.49. The van der Waals surface area contributed by atoms with Crippen LogP contribution in [0.4, 0.5) is 11.4 Å². The fourth-order valence-electron chi connectivity index (χ4n) is 9.37. The number of para-hydroxylation sites is 3. The number of benzene rings is 6. The van der Waals surface area contributed by atoms with Crippen LogP contribution >= 0.6 is 23.5 Å². The minimum atomic E-state index is 0.167. The molecular weight excluding hydrogens is 681 g/mol. The van der Waals surface area contributed by atoms with Gasteiger partial charge in [-0.25, -0.2) is 0 Å². The van der Waals surface area contributed by atoms with Crippen molar-refractivity contribution in [3.8, 4) is 22.6 Å². The highest BCUT2D eigenvalue weighted by molar-refractivity contribution is 8.05. The second-order valence-electron chi connectivity index (χ2n) is 17.0. The van der Waals surface area contributed by atoms with Gasteiger partial charge in [0.2, 0.25) is 0 Å². The van der Waals surface area contributed by atoms with E-state index in [4.69, 9.17) is 4.74 Å². The molecule has 4 aliphatic rings. The molecule has 0 saturated heterocycles. The minimum absolute atomic E-state index is 0.167. The van der Waals surface area contributed by atoms with Crippen molar-refractivity contribution in [1.29, 1.82) is 0 Å². The summed E-state index contributed by atoms with van der Waals surface area (Å²) in [5.41, 5.74) is 18.1. The normalized spacial score (nSPS) is 18.0. The van der Waals surface area contributed by atoms with Gasteiger partial charge in [-0.15, -0.1) is 0 Å². The van der Waals surface area contributed by atoms with E-state index >= 15 is 0 Å². The highest BCUT2D eigenvalue weighted by Crippen LogP contribution is 2.51. The van der Waals surface area contributed by atoms with Crippen LogP contribution in [0.15, 0.2) is 123 Å². The van der Waals surface area contributed by atoms with Gasteiger partial charge in [0, 0.05) is 31.1 Å². The molecule has 2 nitrogen and oxygen atoms in total. The van der Waals surface area contributed by atoms with Gasteiger partial charge in [-0.2, -0.15) is 0 Å². The Balaban J connectivity index is 1.15. The molecule has 0 spiro atoms. The molecule has 0 fully saturated rings. The van der Waals surface area contributed by atoms with Crippen LogP contribution in [0.3, 0.4) is 0 Å². The van der Waals surface area contributed by atoms with Crippen molar-refractivity contribution in [2.75, 3.05) is 5.32 Å². The molecule has 0 radical (unpaired) electrons. The fraction of sp³-hybridized carbons (Fsp3) is 0.250. The predicted octanol–water partition coefficient (Wildman–Crippen LogP) is 11.9. The SMILES string of the molecule is Cc1cc(-c2cccc3c2Nc2ccccc2O3)c2c(c1)C(Cc1cc3c(cc1C)C(C)(C)CCC3(C)C)c1cc3c(cc1B2)Sc1ccccc1S3. The number of anilines is 2. The average molecular weight is 726 g/mol. The Morgan fingerprint density at radius 2 is 1.36 bits per heavy atom. The maximum absolute atomic E-state index is 6.48. The molecule has 1 aliphatic carbocycles. The number of fused-ring (bicyclic) bond motifs is 7. The van der Waals surface area contributed by atoms with Gasteiger partial charge < -0.3 is 10.1 Å². The predicted molar refractivity (Wildman–Crippen MR) is 226 cm³/mol. The van der Waals surface area contributed by atoms with Crippen LogP contribution < -0.4 is 21.0 Å². The summed E-state index contributed by atoms with van der Waals surface area (Å²) >= 11 is 3.86. The molecule has 1 unspecified atom stereocenters. The highest BCUT2D eigenvalue weighted by atomic mass is 32.2. The zero-order valence-corrected chi connectivity index (χ0v) is 33.1. The first kappa shape index (κ1) is 33.3. The smallest absolute Gasteiger partial charge is 0.193 e. The third-order valence-corrected chi connectivity index (χ3v) is 15.0. The highest BCUT2D eigenvalue weighted by Gasteiger charge is 2.38. The molecule has 6 aromatic carbocycles. The molecular formula is C48H44BNOS2. The van der Waals surface area contributed by atoms with Gasteiger partial charge in [0.1, 0.15) is 0 Å². The van der Waals surface area contributed by atoms with Crippen LogP contribution in [0.5, 0.6) is 11.5 Å². The van der Waals surface area contributed by atoms with E-state index in [2.05, 4.69) is 138 Å². The summed E-state index contributed by atoms with van der Waals surface area (Å²) in [6.45, 7) is 14.4. The molecule has 3 aliphatic heterocycles. The zero-order valence-electron chi connectivity index (χ0n) is 31.4. The first-order valence-corrected chi connectivity index (χ1v) is 20.7. The third-order valence-electron chi connectivity index (χ3n) is 12.5. The van der Waals surface area contributed by atoms with Crippen LogP contribution in [-0.2, 0) is 17.3 Å². The Bertz CT molecular complexity index is 2520. The lowest BCUT2D eigenvalue weighted by Gasteiger charge is -2.42. The van der Waals surface area contributed by atoms with Gasteiger partial charge in [0.15, 0.2) is 18.8 Å². The molecule has 6 aromatic rings. The molecule has 10 rings (SSSR count). The molecule has 0 aromatic heterocycles. The van der Waals surface area contributed by atoms with E-state index in [-0.39, 0.29) is 16.7 Å². The largest absolute Gasteiger partial charge is 0.453 e. The Labute approximate surface area is 323 Å². The summed E-state index contributed by atoms with van der Waals surface area (Å²) in [7, 11) is 0.905. The summed E-state index contributed by atoms with van der Waals surface area (Å²) in [5.74, 6) is 1.98. The van der Waals surface area contributed by atoms with E-state index in [0.717, 1.165) is 36.6 Å². The zero-order chi connectivity index (χ0) is 36.2. The molecule has 262 valence electrons. The summed E-state index contributed by atoms with van der Waals surface area (Å²) in [6.07, 6.45) is 3.43. The van der Waals surface area contributed by atoms with Crippen molar-refractivity contribution >= 4 is 53.1 Å². The first-order valence-electron chi connectivity index (χ1n) is 19.1. The van der Waals surface area contributed by atoms with Crippen molar-refractivity contribution in [3.63, 3.8) is 0 Å². The molecule has 0 saturated carbocycles. The van der Waals surface area contributed by atoms with Crippen LogP contribution in [0.25, 0.3) is 11.1 Å². The lowest BCUT2D eigenvalue weighted by molar-refractivity contribution is 0.331. The number of hydrogen-bond acceptors (Lipinski definition) is 4. The second kappa shape index (κ2) is 12.1. The monoisotopic (exact) mass is 725 g/mol. The van der Waals surface area contributed by atoms with E-state index in [0.29, 0.717) is 0 Å². The summed E-state index contributed by atoms with van der Waals surface area (Å²) < 4.78 is 6.48. The number of aryl methyl sites for hydroxylation is 2. The quantitative estimate of drug-likeness (QED) is 0.183. The molecule has 1 atom stereocenters. The van der Waals surface area contributed by atoms with Gasteiger partial charge in [0.25, 0.3) is 0 Å². The van der Waals surface area contributed by atoms with Gasteiger partial charge >= 0.3 is 0 Å². The van der Waals surface area contributed by atoms with E-state index in [1.165, 1.54) is 82.3 Å². The Morgan fingerprint density at radius 3 is 2.13 bits per heavy atom. The van der Waals surface area contributed by atoms with Crippen molar-refractivity contribution in [1.82, 2.24) is 0 Å². The lowest BCUT2D eigenvalue weighted by atomic mass is 9.52. The van der Waals surface area contributed by atoms with E-state index < -0.39 is 0 Å². The van der Waals surface area contributed by atoms with Crippen molar-refractivity contribution in [2.45, 2.75) is 97.1 Å². The Kier molecular flexibility index (Phi) is 7.59. The summed E-state index contributed by atoms with van der Waals surface area (Å²) in [5, 5.41) is 3.77. The topological polar surface area (TPSA) is 21.3 Å². The van der Waals surface area contributed by atoms with Crippen LogP contribution in [0.1, 0.15) is 85.4 Å². The number of ether oxygens (including phenoxy) is 1. The molecule has 1 N–H and O–H groups in total. The molecule has 5 heteroatoms. The standard InChI is InChI=1S/C48H44BNOS2/c1-27-20-33(30-12-11-15-40-46(30)50-38-13-7-8-14-39(38)51-40)45-34(21-27)31(23-29-24-36-35(22-28(29)2)47(3,4)18-19-48(36,5)6)32-25-43-44(26-37(32)49-45)53-42-17-10-9-16-41(42)52-43/h7-17,20-22,24-26,31,49-50H,18-19,23H2,1-6H3. The van der Waals surface area contributed by atoms with Crippen molar-refractivity contribution < 1.29 is 4.74 Å². The van der Waals surface area contributed by atoms with E-state index in [9.17, 15) is 0 Å². The Morgan fingerprint density at radius 1 is 0.679 bits per heavy atom. The van der Waals surface area contributed by atoms with E-state index in [1.54, 1.807) is 11.1 Å². The average Bonchev–Trinajstić information content (AvgIpc) is 3.14. The Hall–Kier alpha value is -4.32. The van der Waals surface area contributed by atoms with E-state index in [1.807, 2.05) is 35.7 Å². The maximum Gasteiger partial charge on any atom is 0.193 e. The van der Waals surface area contributed by atoms with Crippen LogP contribution in [0.2, 0.25) is 0 Å².